The van der Waals surface area contributed by atoms with Gasteiger partial charge in [-0.2, -0.15) is 8.42 Å². The summed E-state index contributed by atoms with van der Waals surface area (Å²) in [4.78, 5) is 27.5. The number of hydrogen-bond donors (Lipinski definition) is 3. The van der Waals surface area contributed by atoms with E-state index in [1.165, 1.54) is 6.07 Å². The van der Waals surface area contributed by atoms with E-state index in [2.05, 4.69) is 10.3 Å². The number of anilines is 1. The number of hydrogen-bond acceptors (Lipinski definition) is 5. The van der Waals surface area contributed by atoms with Gasteiger partial charge in [0.15, 0.2) is 0 Å². The maximum absolute atomic E-state index is 12.8. The van der Waals surface area contributed by atoms with Crippen LogP contribution in [0.2, 0.25) is 0 Å². The van der Waals surface area contributed by atoms with Crippen molar-refractivity contribution < 1.29 is 27.3 Å². The highest BCUT2D eigenvalue weighted by Gasteiger charge is 2.34. The van der Waals surface area contributed by atoms with Crippen molar-refractivity contribution in [3.05, 3.63) is 45.8 Å². The van der Waals surface area contributed by atoms with Gasteiger partial charge in [0.2, 0.25) is 0 Å². The Kier molecular flexibility index (Phi) is 4.75. The average molecular weight is 442 g/mol. The van der Waals surface area contributed by atoms with Crippen LogP contribution in [0.4, 0.5) is 5.69 Å². The van der Waals surface area contributed by atoms with Gasteiger partial charge in [0.1, 0.15) is 0 Å². The van der Waals surface area contributed by atoms with Crippen molar-refractivity contribution in [1.82, 2.24) is 4.98 Å². The van der Waals surface area contributed by atoms with Crippen molar-refractivity contribution in [2.45, 2.75) is 49.8 Å². The van der Waals surface area contributed by atoms with E-state index in [4.69, 9.17) is 4.18 Å². The number of aryl methyl sites for hydroxylation is 1. The number of amides is 1. The van der Waals surface area contributed by atoms with Crippen LogP contribution >= 0.6 is 0 Å². The highest BCUT2D eigenvalue weighted by molar-refractivity contribution is 7.86. The van der Waals surface area contributed by atoms with E-state index in [1.807, 2.05) is 0 Å². The zero-order valence-corrected chi connectivity index (χ0v) is 17.6. The number of aromatic nitrogens is 1. The molecule has 31 heavy (non-hydrogen) atoms. The van der Waals surface area contributed by atoms with E-state index in [-0.39, 0.29) is 23.8 Å². The van der Waals surface area contributed by atoms with Crippen molar-refractivity contribution >= 4 is 39.3 Å². The highest BCUT2D eigenvalue weighted by atomic mass is 32.2. The number of aromatic amines is 1. The van der Waals surface area contributed by atoms with Gasteiger partial charge in [-0.1, -0.05) is 0 Å². The lowest BCUT2D eigenvalue weighted by atomic mass is 9.91. The number of aliphatic carboxylic acids is 1. The number of carbonyl (C=O) groups excluding carboxylic acids is 1. The normalized spacial score (nSPS) is 20.1. The molecule has 1 aromatic heterocycles. The number of rotatable bonds is 4. The van der Waals surface area contributed by atoms with Gasteiger partial charge < -0.3 is 15.4 Å². The molecular formula is C22H22N2O6S. The van der Waals surface area contributed by atoms with Gasteiger partial charge >= 0.3 is 5.97 Å². The summed E-state index contributed by atoms with van der Waals surface area (Å²) >= 11 is 0. The lowest BCUT2D eigenvalue weighted by Crippen LogP contribution is -2.19. The Morgan fingerprint density at radius 3 is 2.77 bits per heavy atom. The van der Waals surface area contributed by atoms with Gasteiger partial charge in [0.25, 0.3) is 16.0 Å². The van der Waals surface area contributed by atoms with E-state index < -0.39 is 16.1 Å². The number of nitrogens with one attached hydrogen (secondary N) is 2. The van der Waals surface area contributed by atoms with Crippen molar-refractivity contribution in [2.75, 3.05) is 11.9 Å². The third-order valence-electron chi connectivity index (χ3n) is 6.21. The fourth-order valence-electron chi connectivity index (χ4n) is 4.84. The molecule has 0 saturated carbocycles. The molecular weight excluding hydrogens is 420 g/mol. The molecule has 0 fully saturated rings. The third kappa shape index (κ3) is 3.37. The molecule has 2 aromatic rings. The first-order valence-corrected chi connectivity index (χ1v) is 11.8. The predicted octanol–water partition coefficient (Wildman–Crippen LogP) is 2.66. The van der Waals surface area contributed by atoms with Gasteiger partial charge in [0.05, 0.1) is 17.1 Å². The molecule has 0 atom stereocenters. The molecule has 0 saturated heterocycles. The standard InChI is InChI=1S/C22H22N2O6S/c25-20(26)8-5-13-12-3-1-2-4-16(12)23-18(13)11-15-21-14-9-10-30-31(28,29)19(14)7-6-17(21)24-22(15)27/h6-7,11,23H,1-5,8-10H2,(H,24,27)(H,25,26)/b15-11-. The Morgan fingerprint density at radius 2 is 1.97 bits per heavy atom. The summed E-state index contributed by atoms with van der Waals surface area (Å²) in [7, 11) is -3.85. The van der Waals surface area contributed by atoms with Crippen LogP contribution in [-0.4, -0.2) is 37.0 Å². The highest BCUT2D eigenvalue weighted by Crippen LogP contribution is 2.41. The van der Waals surface area contributed by atoms with Gasteiger partial charge in [-0.15, -0.1) is 0 Å². The number of fused-ring (bicyclic) bond motifs is 4. The molecule has 9 heteroatoms. The molecule has 0 spiro atoms. The molecule has 8 nitrogen and oxygen atoms in total. The number of carbonyl (C=O) groups is 2. The van der Waals surface area contributed by atoms with Gasteiger partial charge in [-0.3, -0.25) is 13.8 Å². The molecule has 3 aliphatic rings. The second-order valence-corrected chi connectivity index (χ2v) is 9.66. The number of benzene rings is 1. The van der Waals surface area contributed by atoms with E-state index in [0.717, 1.165) is 48.2 Å². The molecule has 0 unspecified atom stereocenters. The van der Waals surface area contributed by atoms with Crippen LogP contribution in [0.1, 0.15) is 52.9 Å². The quantitative estimate of drug-likeness (QED) is 0.494. The lowest BCUT2D eigenvalue weighted by Gasteiger charge is -2.19. The second-order valence-electron chi connectivity index (χ2n) is 8.08. The molecule has 1 aliphatic carbocycles. The molecule has 1 aromatic carbocycles. The second kappa shape index (κ2) is 7.35. The first kappa shape index (κ1) is 20.0. The molecule has 162 valence electrons. The van der Waals surface area contributed by atoms with Crippen LogP contribution in [0.25, 0.3) is 11.6 Å². The number of H-pyrrole nitrogens is 1. The summed E-state index contributed by atoms with van der Waals surface area (Å²) < 4.78 is 29.6. The first-order valence-electron chi connectivity index (χ1n) is 10.4. The SMILES string of the molecule is O=C(O)CCc1c(/C=C2\C(=O)Nc3ccc4c(c32)CCOS4(=O)=O)[nH]c2c1CCCC2. The van der Waals surface area contributed by atoms with Crippen molar-refractivity contribution in [1.29, 1.82) is 0 Å². The third-order valence-corrected chi connectivity index (χ3v) is 7.61. The van der Waals surface area contributed by atoms with Crippen LogP contribution in [0.3, 0.4) is 0 Å². The Balaban J connectivity index is 1.66. The Hall–Kier alpha value is -2.91. The first-order chi connectivity index (χ1) is 14.8. The summed E-state index contributed by atoms with van der Waals surface area (Å²) in [6, 6.07) is 3.06. The van der Waals surface area contributed by atoms with Crippen molar-refractivity contribution in [3.63, 3.8) is 0 Å². The summed E-state index contributed by atoms with van der Waals surface area (Å²) in [6.07, 6.45) is 6.42. The van der Waals surface area contributed by atoms with E-state index in [1.54, 1.807) is 12.1 Å². The minimum absolute atomic E-state index is 0.00817. The zero-order valence-electron chi connectivity index (χ0n) is 16.8. The summed E-state index contributed by atoms with van der Waals surface area (Å²) in [5.41, 5.74) is 6.06. The van der Waals surface area contributed by atoms with Crippen LogP contribution in [-0.2, 0) is 49.6 Å². The van der Waals surface area contributed by atoms with E-state index >= 15 is 0 Å². The minimum atomic E-state index is -3.85. The summed E-state index contributed by atoms with van der Waals surface area (Å²) in [5.74, 6) is -1.17. The van der Waals surface area contributed by atoms with Crippen molar-refractivity contribution in [3.8, 4) is 0 Å². The maximum atomic E-state index is 12.8. The van der Waals surface area contributed by atoms with Crippen molar-refractivity contribution in [2.24, 2.45) is 0 Å². The molecule has 0 radical (unpaired) electrons. The predicted molar refractivity (Wildman–Crippen MR) is 113 cm³/mol. The van der Waals surface area contributed by atoms with E-state index in [9.17, 15) is 23.1 Å². The fourth-order valence-corrected chi connectivity index (χ4v) is 6.01. The Labute approximate surface area is 179 Å². The Morgan fingerprint density at radius 1 is 1.16 bits per heavy atom. The largest absolute Gasteiger partial charge is 0.481 e. The average Bonchev–Trinajstić information content (AvgIpc) is 3.23. The summed E-state index contributed by atoms with van der Waals surface area (Å²) in [5, 5.41) is 12.0. The van der Waals surface area contributed by atoms with Gasteiger partial charge in [-0.05, 0) is 73.4 Å². The molecule has 3 heterocycles. The van der Waals surface area contributed by atoms with Crippen LogP contribution in [0, 0.1) is 0 Å². The fraction of sp³-hybridized carbons (Fsp3) is 0.364. The number of carboxylic acids is 1. The number of carboxylic acid groups (broad SMARTS) is 1. The van der Waals surface area contributed by atoms with E-state index in [0.29, 0.717) is 35.2 Å². The zero-order chi connectivity index (χ0) is 21.8. The molecule has 3 N–H and O–H groups in total. The van der Waals surface area contributed by atoms with Gasteiger partial charge in [-0.25, -0.2) is 0 Å². The summed E-state index contributed by atoms with van der Waals surface area (Å²) in [6.45, 7) is 0.0356. The van der Waals surface area contributed by atoms with Crippen LogP contribution in [0.15, 0.2) is 17.0 Å². The monoisotopic (exact) mass is 442 g/mol. The topological polar surface area (TPSA) is 126 Å². The molecule has 2 aliphatic heterocycles. The molecule has 5 rings (SSSR count). The minimum Gasteiger partial charge on any atom is -0.481 e. The molecule has 0 bridgehead atoms. The van der Waals surface area contributed by atoms with Gasteiger partial charge in [0, 0.05) is 29.1 Å². The smallest absolute Gasteiger partial charge is 0.303 e. The lowest BCUT2D eigenvalue weighted by molar-refractivity contribution is -0.137. The maximum Gasteiger partial charge on any atom is 0.303 e. The Bertz CT molecular complexity index is 1260. The molecule has 1 amide bonds. The van der Waals surface area contributed by atoms with Crippen LogP contribution < -0.4 is 5.32 Å². The van der Waals surface area contributed by atoms with Crippen LogP contribution in [0.5, 0.6) is 0 Å².